The maximum Gasteiger partial charge on any atom is 0.335 e. The molecule has 0 aliphatic heterocycles. The first-order valence-electron chi connectivity index (χ1n) is 4.97. The van der Waals surface area contributed by atoms with E-state index in [1.54, 1.807) is 0 Å². The van der Waals surface area contributed by atoms with Crippen molar-refractivity contribution in [2.24, 2.45) is 0 Å². The molecule has 0 aliphatic carbocycles. The zero-order valence-electron chi connectivity index (χ0n) is 9.42. The van der Waals surface area contributed by atoms with Crippen LogP contribution in [-0.4, -0.2) is 32.1 Å². The molecular weight excluding hydrogens is 426 g/mol. The maximum atomic E-state index is 10.8. The van der Waals surface area contributed by atoms with Crippen molar-refractivity contribution < 1.29 is 39.6 Å². The van der Waals surface area contributed by atoms with Crippen molar-refractivity contribution >= 4 is 11.9 Å². The number of carboxylic acids is 2. The van der Waals surface area contributed by atoms with Gasteiger partial charge in [-0.15, -0.1) is 0 Å². The van der Waals surface area contributed by atoms with E-state index in [1.807, 2.05) is 0 Å². The number of hydrogen-bond acceptors (Lipinski definition) is 4. The van der Waals surface area contributed by atoms with Gasteiger partial charge in [-0.2, -0.15) is 0 Å². The number of carboxylic acid groups (broad SMARTS) is 2. The molecule has 98 valence electrons. The summed E-state index contributed by atoms with van der Waals surface area (Å²) in [7, 11) is 0. The van der Waals surface area contributed by atoms with Crippen molar-refractivity contribution in [3.8, 4) is 11.4 Å². The summed E-state index contributed by atoms with van der Waals surface area (Å²) in [6.07, 6.45) is 2.68. The molecule has 0 fully saturated rings. The van der Waals surface area contributed by atoms with Crippen LogP contribution in [0.3, 0.4) is 0 Å². The van der Waals surface area contributed by atoms with Crippen LogP contribution in [0.2, 0.25) is 0 Å². The van der Waals surface area contributed by atoms with E-state index < -0.39 is 11.9 Å². The molecule has 2 heterocycles. The summed E-state index contributed by atoms with van der Waals surface area (Å²) >= 11 is 0. The minimum atomic E-state index is -1.08. The number of carbonyl (C=O) groups is 2. The molecule has 7 heteroatoms. The molecule has 2 rings (SSSR count). The van der Waals surface area contributed by atoms with Crippen LogP contribution in [0.25, 0.3) is 11.4 Å². The third-order valence-corrected chi connectivity index (χ3v) is 2.28. The normalized spacial score (nSPS) is 9.47. The summed E-state index contributed by atoms with van der Waals surface area (Å²) in [5.41, 5.74) is 0.779. The molecule has 0 radical (unpaired) electrons. The molecule has 19 heavy (non-hydrogen) atoms. The Morgan fingerprint density at radius 2 is 1.21 bits per heavy atom. The van der Waals surface area contributed by atoms with Crippen molar-refractivity contribution in [2.75, 3.05) is 0 Å². The third-order valence-electron chi connectivity index (χ3n) is 2.28. The fraction of sp³-hybridized carbons (Fsp3) is 0. The summed E-state index contributed by atoms with van der Waals surface area (Å²) in [6, 6.07) is 5.40. The van der Waals surface area contributed by atoms with Crippen molar-refractivity contribution in [3.63, 3.8) is 0 Å². The molecular formula is C12H8N2O4Os. The van der Waals surface area contributed by atoms with Gasteiger partial charge >= 0.3 is 11.9 Å². The SMILES string of the molecule is O=C(O)c1ccnc(-c2cc(C(=O)O)ccn2)c1.[Os]. The minimum absolute atomic E-state index is 0. The predicted octanol–water partition coefficient (Wildman–Crippen LogP) is 1.54. The average molecular weight is 434 g/mol. The fourth-order valence-electron chi connectivity index (χ4n) is 1.41. The molecule has 0 amide bonds. The van der Waals surface area contributed by atoms with Gasteiger partial charge in [-0.25, -0.2) is 9.59 Å². The van der Waals surface area contributed by atoms with Crippen molar-refractivity contribution in [1.29, 1.82) is 0 Å². The zero-order chi connectivity index (χ0) is 13.1. The summed E-state index contributed by atoms with van der Waals surface area (Å²) < 4.78 is 0. The summed E-state index contributed by atoms with van der Waals surface area (Å²) in [5.74, 6) is -2.15. The number of hydrogen-bond donors (Lipinski definition) is 2. The molecule has 2 aromatic rings. The van der Waals surface area contributed by atoms with Crippen molar-refractivity contribution in [2.45, 2.75) is 0 Å². The Hall–Kier alpha value is -2.12. The van der Waals surface area contributed by atoms with Crippen LogP contribution in [0.5, 0.6) is 0 Å². The number of aromatic carboxylic acids is 2. The fourth-order valence-corrected chi connectivity index (χ4v) is 1.41. The van der Waals surface area contributed by atoms with Gasteiger partial charge in [0.2, 0.25) is 0 Å². The van der Waals surface area contributed by atoms with E-state index in [9.17, 15) is 9.59 Å². The number of pyridine rings is 2. The van der Waals surface area contributed by atoms with Crippen molar-refractivity contribution in [1.82, 2.24) is 9.97 Å². The van der Waals surface area contributed by atoms with Gasteiger partial charge in [0.05, 0.1) is 22.5 Å². The summed E-state index contributed by atoms with van der Waals surface area (Å²) in [4.78, 5) is 29.6. The topological polar surface area (TPSA) is 100 Å². The Kier molecular flexibility index (Phi) is 4.84. The van der Waals surface area contributed by atoms with Crippen molar-refractivity contribution in [3.05, 3.63) is 47.8 Å². The second kappa shape index (κ2) is 6.16. The average Bonchev–Trinajstić information content (AvgIpc) is 2.39. The monoisotopic (exact) mass is 436 g/mol. The Bertz CT molecular complexity index is 575. The van der Waals surface area contributed by atoms with E-state index in [2.05, 4.69) is 9.97 Å². The van der Waals surface area contributed by atoms with Crippen LogP contribution in [0.1, 0.15) is 20.7 Å². The second-order valence-electron chi connectivity index (χ2n) is 3.47. The molecule has 0 saturated carbocycles. The largest absolute Gasteiger partial charge is 0.478 e. The van der Waals surface area contributed by atoms with Gasteiger partial charge < -0.3 is 10.2 Å². The van der Waals surface area contributed by atoms with Crippen LogP contribution < -0.4 is 0 Å². The van der Waals surface area contributed by atoms with Gasteiger partial charge in [0, 0.05) is 32.2 Å². The van der Waals surface area contributed by atoms with E-state index in [0.29, 0.717) is 11.4 Å². The third kappa shape index (κ3) is 3.42. The zero-order valence-corrected chi connectivity index (χ0v) is 12.0. The maximum absolute atomic E-state index is 10.8. The van der Waals surface area contributed by atoms with E-state index in [1.165, 1.54) is 36.7 Å². The summed E-state index contributed by atoms with van der Waals surface area (Å²) in [6.45, 7) is 0. The Morgan fingerprint density at radius 3 is 1.53 bits per heavy atom. The molecule has 0 bridgehead atoms. The predicted molar refractivity (Wildman–Crippen MR) is 61.4 cm³/mol. The molecule has 0 spiro atoms. The van der Waals surface area contributed by atoms with Gasteiger partial charge in [-0.05, 0) is 24.3 Å². The first-order chi connectivity index (χ1) is 8.58. The van der Waals surface area contributed by atoms with Crippen LogP contribution in [-0.2, 0) is 19.8 Å². The second-order valence-corrected chi connectivity index (χ2v) is 3.47. The van der Waals surface area contributed by atoms with Gasteiger partial charge in [-0.3, -0.25) is 9.97 Å². The van der Waals surface area contributed by atoms with Crippen LogP contribution in [0.4, 0.5) is 0 Å². The molecule has 0 atom stereocenters. The van der Waals surface area contributed by atoms with E-state index in [0.717, 1.165) is 0 Å². The molecule has 0 saturated heterocycles. The number of nitrogens with zero attached hydrogens (tertiary/aromatic N) is 2. The molecule has 0 unspecified atom stereocenters. The van der Waals surface area contributed by atoms with Crippen LogP contribution in [0, 0.1) is 0 Å². The molecule has 0 aliphatic rings. The van der Waals surface area contributed by atoms with Gasteiger partial charge in [0.25, 0.3) is 0 Å². The van der Waals surface area contributed by atoms with Crippen LogP contribution >= 0.6 is 0 Å². The van der Waals surface area contributed by atoms with Gasteiger partial charge in [-0.1, -0.05) is 0 Å². The Morgan fingerprint density at radius 1 is 0.842 bits per heavy atom. The van der Waals surface area contributed by atoms with Gasteiger partial charge in [0.15, 0.2) is 0 Å². The molecule has 2 N–H and O–H groups in total. The Balaban J connectivity index is 0.00000180. The first kappa shape index (κ1) is 14.9. The quantitative estimate of drug-likeness (QED) is 0.760. The molecule has 2 aromatic heterocycles. The first-order valence-corrected chi connectivity index (χ1v) is 4.97. The minimum Gasteiger partial charge on any atom is -0.478 e. The summed E-state index contributed by atoms with van der Waals surface area (Å²) in [5, 5.41) is 17.7. The number of aromatic nitrogens is 2. The van der Waals surface area contributed by atoms with E-state index >= 15 is 0 Å². The standard InChI is InChI=1S/C12H8N2O4.Os/c15-11(16)7-1-3-13-9(5-7)10-6-8(12(17)18)2-4-14-10;/h1-6H,(H,15,16)(H,17,18);. The van der Waals surface area contributed by atoms with Crippen LogP contribution in [0.15, 0.2) is 36.7 Å². The van der Waals surface area contributed by atoms with E-state index in [4.69, 9.17) is 10.2 Å². The molecule has 6 nitrogen and oxygen atoms in total. The molecule has 0 aromatic carbocycles. The van der Waals surface area contributed by atoms with E-state index in [-0.39, 0.29) is 30.9 Å². The smallest absolute Gasteiger partial charge is 0.335 e. The Labute approximate surface area is 121 Å². The number of rotatable bonds is 3. The van der Waals surface area contributed by atoms with Gasteiger partial charge in [0.1, 0.15) is 0 Å².